The number of ether oxygens (including phenoxy) is 1. The SMILES string of the molecule is CCOC(=O)N1CCC(N(C)Cc2ccc3ncccc3c2)CC1. The Balaban J connectivity index is 1.57. The Labute approximate surface area is 143 Å². The molecule has 1 fully saturated rings. The Morgan fingerprint density at radius 2 is 2.12 bits per heavy atom. The molecule has 0 radical (unpaired) electrons. The number of pyridine rings is 1. The highest BCUT2D eigenvalue weighted by atomic mass is 16.6. The van der Waals surface area contributed by atoms with Crippen molar-refractivity contribution in [3.05, 3.63) is 42.1 Å². The molecule has 0 saturated carbocycles. The van der Waals surface area contributed by atoms with E-state index in [9.17, 15) is 4.79 Å². The minimum absolute atomic E-state index is 0.180. The van der Waals surface area contributed by atoms with Crippen LogP contribution in [0.5, 0.6) is 0 Å². The topological polar surface area (TPSA) is 45.7 Å². The van der Waals surface area contributed by atoms with Crippen molar-refractivity contribution < 1.29 is 9.53 Å². The van der Waals surface area contributed by atoms with Crippen molar-refractivity contribution in [1.29, 1.82) is 0 Å². The zero-order valence-electron chi connectivity index (χ0n) is 14.4. The van der Waals surface area contributed by atoms with Crippen molar-refractivity contribution in [3.63, 3.8) is 0 Å². The van der Waals surface area contributed by atoms with E-state index in [1.54, 1.807) is 0 Å². The summed E-state index contributed by atoms with van der Waals surface area (Å²) in [7, 11) is 2.16. The van der Waals surface area contributed by atoms with Gasteiger partial charge in [-0.1, -0.05) is 12.1 Å². The first-order valence-corrected chi connectivity index (χ1v) is 8.63. The first-order chi connectivity index (χ1) is 11.7. The van der Waals surface area contributed by atoms with Gasteiger partial charge in [-0.2, -0.15) is 0 Å². The summed E-state index contributed by atoms with van der Waals surface area (Å²) in [6, 6.07) is 11.0. The van der Waals surface area contributed by atoms with Crippen molar-refractivity contribution in [1.82, 2.24) is 14.8 Å². The molecule has 0 atom stereocenters. The van der Waals surface area contributed by atoms with Gasteiger partial charge in [0.25, 0.3) is 0 Å². The van der Waals surface area contributed by atoms with Crippen LogP contribution in [-0.4, -0.2) is 53.7 Å². The lowest BCUT2D eigenvalue weighted by molar-refractivity contribution is 0.0794. The van der Waals surface area contributed by atoms with E-state index in [4.69, 9.17) is 4.74 Å². The predicted molar refractivity (Wildman–Crippen MR) is 94.8 cm³/mol. The molecule has 128 valence electrons. The predicted octanol–water partition coefficient (Wildman–Crippen LogP) is 3.29. The molecule has 2 heterocycles. The van der Waals surface area contributed by atoms with Gasteiger partial charge in [0.1, 0.15) is 0 Å². The van der Waals surface area contributed by atoms with Crippen LogP contribution in [0.25, 0.3) is 10.9 Å². The molecule has 1 saturated heterocycles. The van der Waals surface area contributed by atoms with Gasteiger partial charge in [-0.25, -0.2) is 4.79 Å². The molecule has 5 heteroatoms. The molecule has 0 bridgehead atoms. The van der Waals surface area contributed by atoms with Gasteiger partial charge in [0.2, 0.25) is 0 Å². The summed E-state index contributed by atoms with van der Waals surface area (Å²) >= 11 is 0. The number of nitrogens with zero attached hydrogens (tertiary/aromatic N) is 3. The Bertz CT molecular complexity index is 696. The van der Waals surface area contributed by atoms with Crippen LogP contribution in [0.3, 0.4) is 0 Å². The number of fused-ring (bicyclic) bond motifs is 1. The summed E-state index contributed by atoms with van der Waals surface area (Å²) in [5, 5.41) is 1.18. The van der Waals surface area contributed by atoms with Crippen molar-refractivity contribution in [2.45, 2.75) is 32.4 Å². The summed E-state index contributed by atoms with van der Waals surface area (Å²) in [5.74, 6) is 0. The lowest BCUT2D eigenvalue weighted by Gasteiger charge is -2.36. The van der Waals surface area contributed by atoms with Gasteiger partial charge in [0.15, 0.2) is 0 Å². The second-order valence-corrected chi connectivity index (χ2v) is 6.36. The highest BCUT2D eigenvalue weighted by molar-refractivity contribution is 5.78. The minimum Gasteiger partial charge on any atom is -0.450 e. The fourth-order valence-corrected chi connectivity index (χ4v) is 3.34. The molecule has 24 heavy (non-hydrogen) atoms. The fourth-order valence-electron chi connectivity index (χ4n) is 3.34. The first-order valence-electron chi connectivity index (χ1n) is 8.63. The minimum atomic E-state index is -0.180. The van der Waals surface area contributed by atoms with E-state index >= 15 is 0 Å². The fraction of sp³-hybridized carbons (Fsp3) is 0.474. The van der Waals surface area contributed by atoms with Gasteiger partial charge in [-0.15, -0.1) is 0 Å². The number of carbonyl (C=O) groups is 1. The number of likely N-dealkylation sites (tertiary alicyclic amines) is 1. The monoisotopic (exact) mass is 327 g/mol. The third-order valence-corrected chi connectivity index (χ3v) is 4.71. The van der Waals surface area contributed by atoms with Crippen molar-refractivity contribution in [2.75, 3.05) is 26.7 Å². The average Bonchev–Trinajstić information content (AvgIpc) is 2.62. The van der Waals surface area contributed by atoms with Gasteiger partial charge < -0.3 is 9.64 Å². The standard InChI is InChI=1S/C19H25N3O2/c1-3-24-19(23)22-11-8-17(9-12-22)21(2)14-15-6-7-18-16(13-15)5-4-10-20-18/h4-7,10,13,17H,3,8-9,11-12,14H2,1-2H3. The number of aromatic nitrogens is 1. The van der Waals surface area contributed by atoms with E-state index in [1.165, 1.54) is 10.9 Å². The van der Waals surface area contributed by atoms with E-state index < -0.39 is 0 Å². The molecule has 0 N–H and O–H groups in total. The number of carbonyl (C=O) groups excluding carboxylic acids is 1. The second-order valence-electron chi connectivity index (χ2n) is 6.36. The largest absolute Gasteiger partial charge is 0.450 e. The number of benzene rings is 1. The van der Waals surface area contributed by atoms with E-state index in [2.05, 4.69) is 41.2 Å². The molecule has 1 aliphatic rings. The van der Waals surface area contributed by atoms with Crippen LogP contribution < -0.4 is 0 Å². The van der Waals surface area contributed by atoms with Gasteiger partial charge in [-0.05, 0) is 50.6 Å². The number of hydrogen-bond donors (Lipinski definition) is 0. The molecule has 3 rings (SSSR count). The Morgan fingerprint density at radius 1 is 1.33 bits per heavy atom. The molecular weight excluding hydrogens is 302 g/mol. The number of hydrogen-bond acceptors (Lipinski definition) is 4. The molecule has 0 aliphatic carbocycles. The lowest BCUT2D eigenvalue weighted by Crippen LogP contribution is -2.45. The van der Waals surface area contributed by atoms with Gasteiger partial charge in [0.05, 0.1) is 12.1 Å². The van der Waals surface area contributed by atoms with Crippen LogP contribution in [0.4, 0.5) is 4.79 Å². The van der Waals surface area contributed by atoms with E-state index in [-0.39, 0.29) is 6.09 Å². The third kappa shape index (κ3) is 3.85. The summed E-state index contributed by atoms with van der Waals surface area (Å²) < 4.78 is 5.08. The van der Waals surface area contributed by atoms with E-state index in [0.717, 1.165) is 38.0 Å². The molecule has 2 aromatic rings. The smallest absolute Gasteiger partial charge is 0.409 e. The summed E-state index contributed by atoms with van der Waals surface area (Å²) in [4.78, 5) is 20.3. The second kappa shape index (κ2) is 7.62. The average molecular weight is 327 g/mol. The number of piperidine rings is 1. The van der Waals surface area contributed by atoms with Crippen LogP contribution in [0.1, 0.15) is 25.3 Å². The highest BCUT2D eigenvalue weighted by Crippen LogP contribution is 2.20. The van der Waals surface area contributed by atoms with Crippen molar-refractivity contribution >= 4 is 17.0 Å². The van der Waals surface area contributed by atoms with Crippen LogP contribution in [0.15, 0.2) is 36.5 Å². The molecular formula is C19H25N3O2. The summed E-state index contributed by atoms with van der Waals surface area (Å²) in [5.41, 5.74) is 2.33. The van der Waals surface area contributed by atoms with Gasteiger partial charge in [-0.3, -0.25) is 9.88 Å². The van der Waals surface area contributed by atoms with E-state index in [1.807, 2.05) is 24.1 Å². The van der Waals surface area contributed by atoms with E-state index in [0.29, 0.717) is 12.6 Å². The molecule has 1 amide bonds. The highest BCUT2D eigenvalue weighted by Gasteiger charge is 2.25. The van der Waals surface area contributed by atoms with Gasteiger partial charge in [0, 0.05) is 37.3 Å². The maximum atomic E-state index is 11.8. The number of amides is 1. The van der Waals surface area contributed by atoms with Crippen LogP contribution in [0.2, 0.25) is 0 Å². The summed E-state index contributed by atoms with van der Waals surface area (Å²) in [6.07, 6.45) is 3.63. The van der Waals surface area contributed by atoms with Crippen LogP contribution in [0, 0.1) is 0 Å². The molecule has 0 unspecified atom stereocenters. The molecule has 1 aromatic heterocycles. The van der Waals surface area contributed by atoms with Gasteiger partial charge >= 0.3 is 6.09 Å². The summed E-state index contributed by atoms with van der Waals surface area (Å²) in [6.45, 7) is 4.74. The lowest BCUT2D eigenvalue weighted by atomic mass is 10.0. The molecule has 5 nitrogen and oxygen atoms in total. The normalized spacial score (nSPS) is 15.9. The Kier molecular flexibility index (Phi) is 5.30. The Morgan fingerprint density at radius 3 is 2.88 bits per heavy atom. The molecule has 1 aromatic carbocycles. The first kappa shape index (κ1) is 16.7. The number of rotatable bonds is 4. The quantitative estimate of drug-likeness (QED) is 0.864. The van der Waals surface area contributed by atoms with Crippen LogP contribution in [-0.2, 0) is 11.3 Å². The third-order valence-electron chi connectivity index (χ3n) is 4.71. The molecule has 0 spiro atoms. The van der Waals surface area contributed by atoms with Crippen LogP contribution >= 0.6 is 0 Å². The van der Waals surface area contributed by atoms with Crippen molar-refractivity contribution in [3.8, 4) is 0 Å². The maximum absolute atomic E-state index is 11.8. The molecule has 1 aliphatic heterocycles. The Hall–Kier alpha value is -2.14. The zero-order valence-corrected chi connectivity index (χ0v) is 14.4. The maximum Gasteiger partial charge on any atom is 0.409 e. The zero-order chi connectivity index (χ0) is 16.9. The van der Waals surface area contributed by atoms with Crippen molar-refractivity contribution in [2.24, 2.45) is 0 Å².